The lowest BCUT2D eigenvalue weighted by Gasteiger charge is -2.40. The third-order valence-electron chi connectivity index (χ3n) is 7.31. The first-order valence-electron chi connectivity index (χ1n) is 16.4. The second-order valence-corrected chi connectivity index (χ2v) is 13.3. The average molecular weight is 571 g/mol. The average Bonchev–Trinajstić information content (AvgIpc) is 2.92. The Kier molecular flexibility index (Phi) is 24.3. The predicted molar refractivity (Wildman–Crippen MR) is 187 cm³/mol. The highest BCUT2D eigenvalue weighted by Gasteiger charge is 2.33. The van der Waals surface area contributed by atoms with Gasteiger partial charge in [0.15, 0.2) is 0 Å². The Labute approximate surface area is 257 Å². The molecule has 2 heterocycles. The summed E-state index contributed by atoms with van der Waals surface area (Å²) in [4.78, 5) is 4.84. The maximum atomic E-state index is 4.84. The van der Waals surface area contributed by atoms with Crippen LogP contribution in [0.25, 0.3) is 0 Å². The van der Waals surface area contributed by atoms with E-state index in [-0.39, 0.29) is 0 Å². The topological polar surface area (TPSA) is 63.0 Å². The fraction of sp³-hybridized carbons (Fsp3) is 0.703. The monoisotopic (exact) mass is 571 g/mol. The van der Waals surface area contributed by atoms with Crippen LogP contribution in [0.4, 0.5) is 5.82 Å². The van der Waals surface area contributed by atoms with E-state index in [0.29, 0.717) is 10.8 Å². The van der Waals surface area contributed by atoms with Crippen molar-refractivity contribution >= 4 is 5.82 Å². The molecular formula is C37H70N4. The number of hydrogen-bond donors (Lipinski definition) is 3. The Balaban J connectivity index is 0. The molecule has 0 saturated carbocycles. The highest BCUT2D eigenvalue weighted by Crippen LogP contribution is 2.40. The number of unbranched alkanes of at least 4 members (excludes halogenated alkanes) is 4. The quantitative estimate of drug-likeness (QED) is 0.137. The molecule has 1 atom stereocenters. The van der Waals surface area contributed by atoms with Crippen LogP contribution in [0.3, 0.4) is 0 Å². The Bertz CT molecular complexity index is 781. The van der Waals surface area contributed by atoms with Gasteiger partial charge >= 0.3 is 0 Å². The summed E-state index contributed by atoms with van der Waals surface area (Å²) in [6, 6.07) is 4.53. The van der Waals surface area contributed by atoms with Crippen LogP contribution in [0.1, 0.15) is 137 Å². The molecule has 0 bridgehead atoms. The van der Waals surface area contributed by atoms with E-state index in [1.807, 2.05) is 0 Å². The first-order chi connectivity index (χ1) is 19.4. The molecular weight excluding hydrogens is 500 g/mol. The fourth-order valence-corrected chi connectivity index (χ4v) is 5.39. The molecule has 0 aromatic carbocycles. The zero-order valence-corrected chi connectivity index (χ0v) is 28.8. The van der Waals surface area contributed by atoms with Gasteiger partial charge in [-0.25, -0.2) is 4.98 Å². The summed E-state index contributed by atoms with van der Waals surface area (Å²) in [5.41, 5.74) is 9.29. The van der Waals surface area contributed by atoms with E-state index < -0.39 is 0 Å². The van der Waals surface area contributed by atoms with Gasteiger partial charge < -0.3 is 16.4 Å². The molecule has 1 unspecified atom stereocenters. The smallest absolute Gasteiger partial charge is 0.129 e. The van der Waals surface area contributed by atoms with Gasteiger partial charge in [0.25, 0.3) is 0 Å². The van der Waals surface area contributed by atoms with Crippen molar-refractivity contribution in [3.63, 3.8) is 0 Å². The van der Waals surface area contributed by atoms with Crippen molar-refractivity contribution in [2.45, 2.75) is 139 Å². The summed E-state index contributed by atoms with van der Waals surface area (Å²) in [6.07, 6.45) is 18.0. The number of nitrogens with two attached hydrogens (primary N) is 1. The lowest BCUT2D eigenvalue weighted by atomic mass is 9.68. The standard InChI is InChI=1S/C28H49N3.C5H12.C2H5N.C2H4/c1-6-19-28(20-7-2,22-30-23(3)4)24(5)14-11-9-8-10-12-16-26-18-17-25-15-13-21-29-27(25)31-26;1-5(2,3)4;1-2-3;1-2/h17-18,24,30H,3,6-16,19-22H2,1-2,4-5H3,(H,29,31);1-4H3;2H,1,3H2;1-2H2. The van der Waals surface area contributed by atoms with Crippen LogP contribution >= 0.6 is 0 Å². The molecule has 1 aromatic rings. The number of aryl methyl sites for hydroxylation is 2. The highest BCUT2D eigenvalue weighted by atomic mass is 15.0. The number of nitrogens with zero attached hydrogens (tertiary/aromatic N) is 1. The Morgan fingerprint density at radius 1 is 1.05 bits per heavy atom. The molecule has 41 heavy (non-hydrogen) atoms. The first kappa shape index (κ1) is 40.9. The number of anilines is 1. The summed E-state index contributed by atoms with van der Waals surface area (Å²) < 4.78 is 0. The van der Waals surface area contributed by atoms with Crippen molar-refractivity contribution in [3.8, 4) is 0 Å². The molecule has 0 radical (unpaired) electrons. The summed E-state index contributed by atoms with van der Waals surface area (Å²) in [5, 5.41) is 7.04. The summed E-state index contributed by atoms with van der Waals surface area (Å²) in [6.45, 7) is 33.4. The SMILES string of the molecule is C=C.C=C(C)NCC(CCC)(CCC)C(C)CCCCCCCc1ccc2c(n1)NCCC2.C=CN.CC(C)(C)C. The van der Waals surface area contributed by atoms with Gasteiger partial charge in [0, 0.05) is 24.5 Å². The number of pyridine rings is 1. The van der Waals surface area contributed by atoms with E-state index in [1.165, 1.54) is 94.5 Å². The van der Waals surface area contributed by atoms with Crippen LogP contribution in [0.15, 0.2) is 50.3 Å². The molecule has 0 spiro atoms. The van der Waals surface area contributed by atoms with E-state index in [4.69, 9.17) is 4.98 Å². The zero-order chi connectivity index (χ0) is 31.7. The summed E-state index contributed by atoms with van der Waals surface area (Å²) in [5.74, 6) is 1.91. The molecule has 1 aliphatic rings. The summed E-state index contributed by atoms with van der Waals surface area (Å²) >= 11 is 0. The Morgan fingerprint density at radius 2 is 1.59 bits per heavy atom. The maximum Gasteiger partial charge on any atom is 0.129 e. The number of nitrogens with one attached hydrogen (secondary N) is 2. The third-order valence-corrected chi connectivity index (χ3v) is 7.31. The van der Waals surface area contributed by atoms with Crippen molar-refractivity contribution in [1.82, 2.24) is 10.3 Å². The number of hydrogen-bond acceptors (Lipinski definition) is 4. The van der Waals surface area contributed by atoms with Gasteiger partial charge in [-0.2, -0.15) is 0 Å². The van der Waals surface area contributed by atoms with Crippen LogP contribution < -0.4 is 16.4 Å². The van der Waals surface area contributed by atoms with Crippen molar-refractivity contribution in [2.75, 3.05) is 18.4 Å². The maximum absolute atomic E-state index is 4.84. The van der Waals surface area contributed by atoms with Crippen LogP contribution in [0.2, 0.25) is 0 Å². The van der Waals surface area contributed by atoms with Gasteiger partial charge in [0.1, 0.15) is 5.82 Å². The normalized spacial score (nSPS) is 12.9. The van der Waals surface area contributed by atoms with E-state index in [2.05, 4.69) is 110 Å². The molecule has 1 aliphatic heterocycles. The van der Waals surface area contributed by atoms with Gasteiger partial charge in [0.2, 0.25) is 0 Å². The van der Waals surface area contributed by atoms with Crippen LogP contribution in [-0.4, -0.2) is 18.1 Å². The largest absolute Gasteiger partial charge is 0.405 e. The lowest BCUT2D eigenvalue weighted by molar-refractivity contribution is 0.127. The minimum atomic E-state index is 0.425. The van der Waals surface area contributed by atoms with Crippen LogP contribution in [-0.2, 0) is 12.8 Å². The van der Waals surface area contributed by atoms with E-state index in [0.717, 1.165) is 36.9 Å². The predicted octanol–water partition coefficient (Wildman–Crippen LogP) is 10.6. The fourth-order valence-electron chi connectivity index (χ4n) is 5.39. The molecule has 0 saturated heterocycles. The van der Waals surface area contributed by atoms with Gasteiger partial charge in [-0.3, -0.25) is 0 Å². The molecule has 1 aromatic heterocycles. The number of allylic oxidation sites excluding steroid dienone is 1. The number of fused-ring (bicyclic) bond motifs is 1. The third kappa shape index (κ3) is 21.2. The van der Waals surface area contributed by atoms with Gasteiger partial charge in [-0.05, 0) is 80.0 Å². The molecule has 0 aliphatic carbocycles. The second-order valence-electron chi connectivity index (χ2n) is 13.3. The number of aromatic nitrogens is 1. The minimum Gasteiger partial charge on any atom is -0.405 e. The van der Waals surface area contributed by atoms with Crippen molar-refractivity contribution in [2.24, 2.45) is 22.5 Å². The van der Waals surface area contributed by atoms with E-state index >= 15 is 0 Å². The van der Waals surface area contributed by atoms with E-state index in [9.17, 15) is 0 Å². The van der Waals surface area contributed by atoms with Crippen LogP contribution in [0.5, 0.6) is 0 Å². The van der Waals surface area contributed by atoms with Crippen molar-refractivity contribution in [3.05, 3.63) is 61.6 Å². The first-order valence-corrected chi connectivity index (χ1v) is 16.4. The molecule has 238 valence electrons. The van der Waals surface area contributed by atoms with Crippen molar-refractivity contribution < 1.29 is 0 Å². The molecule has 4 heteroatoms. The van der Waals surface area contributed by atoms with Gasteiger partial charge in [-0.1, -0.05) is 113 Å². The summed E-state index contributed by atoms with van der Waals surface area (Å²) in [7, 11) is 0. The Hall–Kier alpha value is -2.23. The minimum absolute atomic E-state index is 0.425. The zero-order valence-electron chi connectivity index (χ0n) is 28.8. The van der Waals surface area contributed by atoms with Crippen LogP contribution in [0, 0.1) is 16.7 Å². The molecule has 2 rings (SSSR count). The van der Waals surface area contributed by atoms with Crippen molar-refractivity contribution in [1.29, 1.82) is 0 Å². The Morgan fingerprint density at radius 3 is 2.12 bits per heavy atom. The van der Waals surface area contributed by atoms with Gasteiger partial charge in [-0.15, -0.1) is 13.2 Å². The van der Waals surface area contributed by atoms with Gasteiger partial charge in [0.05, 0.1) is 0 Å². The number of rotatable bonds is 16. The van der Waals surface area contributed by atoms with E-state index in [1.54, 1.807) is 0 Å². The molecule has 0 amide bonds. The molecule has 0 fully saturated rings. The molecule has 4 N–H and O–H groups in total. The highest BCUT2D eigenvalue weighted by molar-refractivity contribution is 5.46. The lowest BCUT2D eigenvalue weighted by Crippen LogP contribution is -2.39. The molecule has 4 nitrogen and oxygen atoms in total. The second kappa shape index (κ2) is 24.4.